The molecule has 0 radical (unpaired) electrons. The van der Waals surface area contributed by atoms with Gasteiger partial charge in [-0.15, -0.1) is 0 Å². The average molecular weight is 1550 g/mol. The van der Waals surface area contributed by atoms with E-state index in [0.29, 0.717) is 0 Å². The number of anilines is 9. The van der Waals surface area contributed by atoms with Gasteiger partial charge in [-0.25, -0.2) is 0 Å². The first-order chi connectivity index (χ1) is 58.4. The van der Waals surface area contributed by atoms with E-state index < -0.39 is 0 Å². The largest absolute Gasteiger partial charge is 0.309 e. The molecule has 600 valence electrons. The van der Waals surface area contributed by atoms with E-state index in [2.05, 4.69) is 347 Å². The number of benzene rings is 15. The third-order valence-electron chi connectivity index (χ3n) is 25.5. The highest BCUT2D eigenvalue weighted by Gasteiger charge is 2.37. The molecule has 0 fully saturated rings. The van der Waals surface area contributed by atoms with Crippen LogP contribution in [0.4, 0.5) is 51.2 Å². The van der Waals surface area contributed by atoms with Crippen LogP contribution in [-0.4, -0.2) is 6.71 Å². The van der Waals surface area contributed by atoms with Gasteiger partial charge in [-0.05, 0) is 216 Å². The van der Waals surface area contributed by atoms with Gasteiger partial charge in [0.25, 0.3) is 0 Å². The monoisotopic (exact) mass is 1550 g/mol. The Labute approximate surface area is 707 Å². The van der Waals surface area contributed by atoms with Crippen molar-refractivity contribution in [1.82, 2.24) is 0 Å². The van der Waals surface area contributed by atoms with Crippen molar-refractivity contribution in [2.75, 3.05) is 14.7 Å². The molecule has 0 heterocycles. The van der Waals surface area contributed by atoms with Gasteiger partial charge in [0.15, 0.2) is 0 Å². The Morgan fingerprint density at radius 2 is 0.305 bits per heavy atom. The minimum absolute atomic E-state index is 0.371. The van der Waals surface area contributed by atoms with Crippen molar-refractivity contribution in [2.45, 2.75) is 234 Å². The Balaban J connectivity index is 1.03. The molecule has 3 nitrogen and oxygen atoms in total. The summed E-state index contributed by atoms with van der Waals surface area (Å²) in [4.78, 5) is 7.84. The number of hydrogen-bond acceptors (Lipinski definition) is 3. The molecule has 0 N–H and O–H groups in total. The van der Waals surface area contributed by atoms with Crippen LogP contribution in [0.15, 0.2) is 291 Å². The Bertz CT molecular complexity index is 4820. The van der Waals surface area contributed by atoms with Crippen LogP contribution in [0.2, 0.25) is 0 Å². The molecule has 0 saturated heterocycles. The first-order valence-electron chi connectivity index (χ1n) is 46.1. The zero-order valence-corrected chi connectivity index (χ0v) is 71.8. The van der Waals surface area contributed by atoms with E-state index in [1.54, 1.807) is 0 Å². The average Bonchev–Trinajstić information content (AvgIpc) is 0.695. The third kappa shape index (κ3) is 18.7. The second-order valence-electron chi connectivity index (χ2n) is 33.9. The fourth-order valence-electron chi connectivity index (χ4n) is 19.1. The molecule has 0 aliphatic heterocycles. The first-order valence-corrected chi connectivity index (χ1v) is 46.1. The van der Waals surface area contributed by atoms with E-state index in [0.717, 1.165) is 72.6 Å². The fourth-order valence-corrected chi connectivity index (χ4v) is 19.1. The lowest BCUT2D eigenvalue weighted by Crippen LogP contribution is -2.54. The molecule has 15 aromatic carbocycles. The number of hydrogen-bond donors (Lipinski definition) is 0. The second-order valence-corrected chi connectivity index (χ2v) is 33.9. The van der Waals surface area contributed by atoms with Gasteiger partial charge in [0, 0.05) is 66.4 Å². The lowest BCUT2D eigenvalue weighted by molar-refractivity contribution is 0.667. The van der Waals surface area contributed by atoms with Gasteiger partial charge < -0.3 is 14.7 Å². The maximum Gasteiger partial charge on any atom is 0.246 e. The van der Waals surface area contributed by atoms with E-state index >= 15 is 0 Å². The van der Waals surface area contributed by atoms with Crippen LogP contribution >= 0.6 is 0 Å². The molecule has 15 rings (SSSR count). The quantitative estimate of drug-likeness (QED) is 0.0214. The van der Waals surface area contributed by atoms with Crippen LogP contribution in [-0.2, 0) is 38.5 Å². The summed E-state index contributed by atoms with van der Waals surface area (Å²) in [6.45, 7) is 13.5. The Hall–Kier alpha value is -10.7. The van der Waals surface area contributed by atoms with Gasteiger partial charge in [-0.3, -0.25) is 0 Å². The summed E-state index contributed by atoms with van der Waals surface area (Å²) in [5.41, 5.74) is 22.8. The number of rotatable bonds is 42. The van der Waals surface area contributed by atoms with E-state index in [1.807, 2.05) is 0 Å². The summed E-state index contributed by atoms with van der Waals surface area (Å²) in [7, 11) is 0. The molecule has 0 saturated carbocycles. The minimum atomic E-state index is -0.371. The highest BCUT2D eigenvalue weighted by molar-refractivity contribution is 7.03. The SMILES string of the molecule is CCCCCCc1ccc(N(c2ccc(CCCCCC)cc2)c2c3ccccc3c(B(c3c4ccccc4c(N(c4ccc(CCCCCC)cc4)c4ccc(CCCCCC)cc4)c4ccccc34)c3c4ccccc4c(N(c4ccc(CCCCCC)cc4)c4ccc(CCCCCC)cc4)c4ccccc34)c3ccccc23)cc1. The van der Waals surface area contributed by atoms with Gasteiger partial charge >= 0.3 is 0 Å². The van der Waals surface area contributed by atoms with Crippen LogP contribution in [0.5, 0.6) is 0 Å². The second kappa shape index (κ2) is 41.1. The van der Waals surface area contributed by atoms with Gasteiger partial charge in [0.05, 0.1) is 17.1 Å². The van der Waals surface area contributed by atoms with Crippen molar-refractivity contribution in [3.05, 3.63) is 325 Å². The van der Waals surface area contributed by atoms with Crippen LogP contribution < -0.4 is 31.1 Å². The molecule has 0 unspecified atom stereocenters. The molecule has 0 bridgehead atoms. The molecule has 4 heteroatoms. The Morgan fingerprint density at radius 3 is 0.449 bits per heavy atom. The van der Waals surface area contributed by atoms with Crippen LogP contribution in [0.25, 0.3) is 64.6 Å². The summed E-state index contributed by atoms with van der Waals surface area (Å²) in [5.74, 6) is 0. The maximum atomic E-state index is 2.61. The molecule has 0 spiro atoms. The van der Waals surface area contributed by atoms with E-state index in [1.165, 1.54) is 286 Å². The van der Waals surface area contributed by atoms with Gasteiger partial charge in [0.1, 0.15) is 0 Å². The molecule has 0 aliphatic carbocycles. The summed E-state index contributed by atoms with van der Waals surface area (Å²) >= 11 is 0. The van der Waals surface area contributed by atoms with E-state index in [-0.39, 0.29) is 6.71 Å². The summed E-state index contributed by atoms with van der Waals surface area (Å²) in [5, 5.41) is 14.7. The number of nitrogens with zero attached hydrogens (tertiary/aromatic N) is 3. The topological polar surface area (TPSA) is 9.72 Å². The predicted molar refractivity (Wildman–Crippen MR) is 520 cm³/mol. The Kier molecular flexibility index (Phi) is 28.7. The van der Waals surface area contributed by atoms with Crippen LogP contribution in [0.3, 0.4) is 0 Å². The maximum absolute atomic E-state index is 2.61. The number of unbranched alkanes of at least 4 members (excludes halogenated alkanes) is 18. The summed E-state index contributed by atoms with van der Waals surface area (Å²) in [6, 6.07) is 115. The molecule has 118 heavy (non-hydrogen) atoms. The van der Waals surface area contributed by atoms with Gasteiger partial charge in [-0.2, -0.15) is 0 Å². The standard InChI is InChI=1S/C114H126BN3/c1-7-13-19-25-43-85-61-73-91(74-62-85)116(92-75-63-86(64-76-92)44-26-20-14-8-2)112-103-55-37-31-49-97(103)109(98-50-32-38-56-104(98)112)115(110-99-51-33-39-57-105(99)113(106-58-40-34-52-100(106)110)117(93-77-65-87(66-78-93)45-27-21-15-9-3)94-79-67-88(68-80-94)46-28-22-16-10-4)111-101-53-35-41-59-107(101)114(108-60-42-36-54-102(108)111)118(95-81-69-89(70-82-95)47-29-23-17-11-5)96-83-71-90(72-84-96)48-30-24-18-12-6/h31-42,49-84H,7-30,43-48H2,1-6H3. The fraction of sp³-hybridized carbons (Fsp3) is 0.316. The molecule has 0 aliphatic rings. The third-order valence-corrected chi connectivity index (χ3v) is 25.5. The van der Waals surface area contributed by atoms with Crippen molar-refractivity contribution in [1.29, 1.82) is 0 Å². The van der Waals surface area contributed by atoms with Gasteiger partial charge in [0.2, 0.25) is 6.71 Å². The first kappa shape index (κ1) is 82.4. The lowest BCUT2D eigenvalue weighted by atomic mass is 9.33. The summed E-state index contributed by atoms with van der Waals surface area (Å²) < 4.78 is 0. The predicted octanol–water partition coefficient (Wildman–Crippen LogP) is 32.3. The zero-order chi connectivity index (χ0) is 80.8. The summed E-state index contributed by atoms with van der Waals surface area (Å²) in [6.07, 6.45) is 36.3. The smallest absolute Gasteiger partial charge is 0.246 e. The molecule has 15 aromatic rings. The van der Waals surface area contributed by atoms with Crippen molar-refractivity contribution >= 4 is 139 Å². The molecular weight excluding hydrogens is 1420 g/mol. The normalized spacial score (nSPS) is 11.6. The van der Waals surface area contributed by atoms with Gasteiger partial charge in [-0.1, -0.05) is 392 Å². The van der Waals surface area contributed by atoms with Crippen molar-refractivity contribution in [3.8, 4) is 0 Å². The van der Waals surface area contributed by atoms with Crippen molar-refractivity contribution in [3.63, 3.8) is 0 Å². The van der Waals surface area contributed by atoms with Crippen LogP contribution in [0.1, 0.15) is 229 Å². The highest BCUT2D eigenvalue weighted by Crippen LogP contribution is 2.49. The number of aryl methyl sites for hydroxylation is 6. The van der Waals surface area contributed by atoms with Crippen molar-refractivity contribution < 1.29 is 0 Å². The molecule has 0 atom stereocenters. The van der Waals surface area contributed by atoms with Crippen molar-refractivity contribution in [2.24, 2.45) is 0 Å². The highest BCUT2D eigenvalue weighted by atomic mass is 15.2. The molecule has 0 aromatic heterocycles. The van der Waals surface area contributed by atoms with Crippen LogP contribution in [0, 0.1) is 0 Å². The molecular formula is C114H126BN3. The lowest BCUT2D eigenvalue weighted by Gasteiger charge is -2.34. The Morgan fingerprint density at radius 1 is 0.161 bits per heavy atom. The molecule has 0 amide bonds. The number of fused-ring (bicyclic) bond motifs is 6. The van der Waals surface area contributed by atoms with E-state index in [9.17, 15) is 0 Å². The zero-order valence-electron chi connectivity index (χ0n) is 71.8. The minimum Gasteiger partial charge on any atom is -0.309 e. The van der Waals surface area contributed by atoms with E-state index in [4.69, 9.17) is 0 Å².